The lowest BCUT2D eigenvalue weighted by atomic mass is 9.77. The molecule has 2 aromatic rings. The molecule has 0 radical (unpaired) electrons. The summed E-state index contributed by atoms with van der Waals surface area (Å²) in [6, 6.07) is 6.03. The van der Waals surface area contributed by atoms with Gasteiger partial charge in [0.2, 0.25) is 10.8 Å². The van der Waals surface area contributed by atoms with E-state index in [1.54, 1.807) is 0 Å². The van der Waals surface area contributed by atoms with Gasteiger partial charge in [-0.3, -0.25) is 0 Å². The van der Waals surface area contributed by atoms with Crippen LogP contribution in [0.2, 0.25) is 5.02 Å². The van der Waals surface area contributed by atoms with Crippen LogP contribution in [0.5, 0.6) is 0 Å². The van der Waals surface area contributed by atoms with E-state index in [4.69, 9.17) is 21.6 Å². The van der Waals surface area contributed by atoms with Gasteiger partial charge in [-0.15, -0.1) is 0 Å². The van der Waals surface area contributed by atoms with Crippen LogP contribution in [0.3, 0.4) is 0 Å². The van der Waals surface area contributed by atoms with E-state index in [2.05, 4.69) is 16.3 Å². The molecule has 1 atom stereocenters. The number of aliphatic hydroxyl groups is 1. The highest BCUT2D eigenvalue weighted by Crippen LogP contribution is 2.39. The van der Waals surface area contributed by atoms with E-state index in [0.717, 1.165) is 54.4 Å². The summed E-state index contributed by atoms with van der Waals surface area (Å²) in [5, 5.41) is 14.1. The molecule has 0 amide bonds. The molecule has 1 aromatic heterocycles. The molecule has 0 bridgehead atoms. The summed E-state index contributed by atoms with van der Waals surface area (Å²) in [7, 11) is 0. The molecule has 28 heavy (non-hydrogen) atoms. The summed E-state index contributed by atoms with van der Waals surface area (Å²) < 4.78 is 12.6. The topological polar surface area (TPSA) is 84.3 Å². The number of hydrogen-bond acceptors (Lipinski definition) is 6. The lowest BCUT2D eigenvalue weighted by Crippen LogP contribution is -2.49. The smallest absolute Gasteiger partial charge is 0.228 e. The van der Waals surface area contributed by atoms with Crippen LogP contribution < -0.4 is 10.2 Å². The fourth-order valence-corrected chi connectivity index (χ4v) is 5.78. The van der Waals surface area contributed by atoms with Crippen LogP contribution in [0.25, 0.3) is 0 Å². The first-order valence-electron chi connectivity index (χ1n) is 9.77. The van der Waals surface area contributed by atoms with E-state index in [0.29, 0.717) is 23.9 Å². The third-order valence-corrected chi connectivity index (χ3v) is 7.83. The second-order valence-electron chi connectivity index (χ2n) is 7.95. The van der Waals surface area contributed by atoms with E-state index in [1.807, 2.05) is 12.1 Å². The molecule has 1 saturated carbocycles. The number of aryl methyl sites for hydroxylation is 1. The molecular weight excluding hydrogens is 396 g/mol. The molecule has 1 aromatic carbocycles. The van der Waals surface area contributed by atoms with E-state index in [9.17, 15) is 9.66 Å². The highest BCUT2D eigenvalue weighted by molar-refractivity contribution is 7.91. The Kier molecular flexibility index (Phi) is 4.66. The Bertz CT molecular complexity index is 916. The normalized spacial score (nSPS) is 22.4. The van der Waals surface area contributed by atoms with Gasteiger partial charge in [0.25, 0.3) is 0 Å². The highest BCUT2D eigenvalue weighted by Gasteiger charge is 2.40. The maximum Gasteiger partial charge on any atom is 0.228 e. The zero-order valence-electron chi connectivity index (χ0n) is 15.6. The molecule has 0 spiro atoms. The minimum Gasteiger partial charge on any atom is -0.611 e. The molecule has 0 unspecified atom stereocenters. The molecule has 5 rings (SSSR count). The van der Waals surface area contributed by atoms with E-state index >= 15 is 0 Å². The van der Waals surface area contributed by atoms with Crippen LogP contribution >= 0.6 is 11.6 Å². The van der Waals surface area contributed by atoms with Crippen molar-refractivity contribution in [1.29, 1.82) is 0 Å². The number of benzene rings is 1. The number of fused-ring (bicyclic) bond motifs is 2. The zero-order chi connectivity index (χ0) is 19.3. The molecule has 0 saturated heterocycles. The standard InChI is InChI=1S/C20H23ClN4O2S/c21-15-3-2-14-11-25(8-4-13(14)10-15)19-22-16-5-9-28(27)17(16)18(23-19)24-20(12-26)6-1-7-20/h2-3,10,26H,1,4-9,11-12H2,(H,22,23,24)/t28-/m1/s1. The predicted octanol–water partition coefficient (Wildman–Crippen LogP) is 2.68. The first-order valence-corrected chi connectivity index (χ1v) is 11.5. The van der Waals surface area contributed by atoms with Crippen LogP contribution in [0.15, 0.2) is 23.1 Å². The highest BCUT2D eigenvalue weighted by atomic mass is 35.5. The van der Waals surface area contributed by atoms with Gasteiger partial charge in [0.1, 0.15) is 11.4 Å². The van der Waals surface area contributed by atoms with Crippen LogP contribution in [-0.4, -0.2) is 44.1 Å². The average Bonchev–Trinajstić information content (AvgIpc) is 3.05. The minimum atomic E-state index is -1.08. The van der Waals surface area contributed by atoms with Gasteiger partial charge in [0.15, 0.2) is 5.82 Å². The molecule has 1 aliphatic carbocycles. The Morgan fingerprint density at radius 2 is 2.11 bits per heavy atom. The summed E-state index contributed by atoms with van der Waals surface area (Å²) in [5.41, 5.74) is 3.05. The number of nitrogens with one attached hydrogen (secondary N) is 1. The maximum absolute atomic E-state index is 12.6. The summed E-state index contributed by atoms with van der Waals surface area (Å²) >= 11 is 5.05. The van der Waals surface area contributed by atoms with Crippen molar-refractivity contribution in [3.05, 3.63) is 40.0 Å². The number of nitrogens with zero attached hydrogens (tertiary/aromatic N) is 3. The summed E-state index contributed by atoms with van der Waals surface area (Å²) in [6.07, 6.45) is 4.50. The Labute approximate surface area is 172 Å². The third kappa shape index (κ3) is 3.14. The number of aliphatic hydroxyl groups excluding tert-OH is 1. The Balaban J connectivity index is 1.49. The van der Waals surface area contributed by atoms with Crippen LogP contribution in [-0.2, 0) is 30.6 Å². The molecule has 2 N–H and O–H groups in total. The fourth-order valence-electron chi connectivity index (χ4n) is 4.28. The van der Waals surface area contributed by atoms with Crippen molar-refractivity contribution in [2.24, 2.45) is 0 Å². The van der Waals surface area contributed by atoms with Crippen molar-refractivity contribution in [3.8, 4) is 0 Å². The second-order valence-corrected chi connectivity index (χ2v) is 9.89. The van der Waals surface area contributed by atoms with Crippen molar-refractivity contribution < 1.29 is 9.66 Å². The number of hydrogen-bond donors (Lipinski definition) is 2. The third-order valence-electron chi connectivity index (χ3n) is 6.14. The molecule has 148 valence electrons. The van der Waals surface area contributed by atoms with E-state index in [1.165, 1.54) is 11.1 Å². The Morgan fingerprint density at radius 1 is 1.25 bits per heavy atom. The van der Waals surface area contributed by atoms with Gasteiger partial charge in [-0.25, -0.2) is 4.98 Å². The number of rotatable bonds is 4. The molecule has 8 heteroatoms. The Hall–Kier alpha value is -1.54. The first-order chi connectivity index (χ1) is 13.6. The molecule has 3 aliphatic rings. The predicted molar refractivity (Wildman–Crippen MR) is 111 cm³/mol. The van der Waals surface area contributed by atoms with Gasteiger partial charge in [0, 0.05) is 24.5 Å². The first kappa shape index (κ1) is 18.5. The zero-order valence-corrected chi connectivity index (χ0v) is 17.2. The van der Waals surface area contributed by atoms with Gasteiger partial charge in [-0.05, 0) is 60.1 Å². The molecule has 2 aliphatic heterocycles. The van der Waals surface area contributed by atoms with Gasteiger partial charge in [0.05, 0.1) is 12.1 Å². The Morgan fingerprint density at radius 3 is 2.86 bits per heavy atom. The lowest BCUT2D eigenvalue weighted by Gasteiger charge is -2.41. The number of aromatic nitrogens is 2. The van der Waals surface area contributed by atoms with E-state index in [-0.39, 0.29) is 12.1 Å². The van der Waals surface area contributed by atoms with Crippen molar-refractivity contribution >= 4 is 34.5 Å². The van der Waals surface area contributed by atoms with Gasteiger partial charge < -0.3 is 19.9 Å². The van der Waals surface area contributed by atoms with Crippen molar-refractivity contribution in [2.45, 2.75) is 49.1 Å². The average molecular weight is 419 g/mol. The lowest BCUT2D eigenvalue weighted by molar-refractivity contribution is 0.143. The number of halogens is 1. The van der Waals surface area contributed by atoms with Gasteiger partial charge >= 0.3 is 0 Å². The molecule has 1 fully saturated rings. The van der Waals surface area contributed by atoms with Gasteiger partial charge in [-0.2, -0.15) is 4.98 Å². The van der Waals surface area contributed by atoms with E-state index < -0.39 is 11.2 Å². The van der Waals surface area contributed by atoms with Crippen molar-refractivity contribution in [3.63, 3.8) is 0 Å². The van der Waals surface area contributed by atoms with Crippen LogP contribution in [0, 0.1) is 0 Å². The largest absolute Gasteiger partial charge is 0.611 e. The fraction of sp³-hybridized carbons (Fsp3) is 0.500. The quantitative estimate of drug-likeness (QED) is 0.742. The van der Waals surface area contributed by atoms with Crippen LogP contribution in [0.4, 0.5) is 11.8 Å². The summed E-state index contributed by atoms with van der Waals surface area (Å²) in [4.78, 5) is 12.5. The van der Waals surface area contributed by atoms with Crippen LogP contribution in [0.1, 0.15) is 36.1 Å². The molecule has 3 heterocycles. The van der Waals surface area contributed by atoms with Gasteiger partial charge in [-0.1, -0.05) is 17.7 Å². The summed E-state index contributed by atoms with van der Waals surface area (Å²) in [6.45, 7) is 1.62. The maximum atomic E-state index is 12.6. The minimum absolute atomic E-state index is 0.0611. The molecular formula is C20H23ClN4O2S. The van der Waals surface area contributed by atoms with Crippen molar-refractivity contribution in [1.82, 2.24) is 9.97 Å². The number of anilines is 2. The monoisotopic (exact) mass is 418 g/mol. The molecule has 6 nitrogen and oxygen atoms in total. The second kappa shape index (κ2) is 7.06. The summed E-state index contributed by atoms with van der Waals surface area (Å²) in [5.74, 6) is 1.91. The van der Waals surface area contributed by atoms with Crippen molar-refractivity contribution in [2.75, 3.05) is 29.1 Å². The SMILES string of the molecule is [O-][S@+]1CCc2nc(N3CCc4cc(Cl)ccc4C3)nc(NC3(CO)CCC3)c21.